The highest BCUT2D eigenvalue weighted by Gasteiger charge is 2.20. The highest BCUT2D eigenvalue weighted by molar-refractivity contribution is 6.43. The fourth-order valence-electron chi connectivity index (χ4n) is 2.06. The zero-order valence-electron chi connectivity index (χ0n) is 11.5. The minimum Gasteiger partial charge on any atom is -0.493 e. The second-order valence-electron chi connectivity index (χ2n) is 4.14. The van der Waals surface area contributed by atoms with Crippen molar-refractivity contribution >= 4 is 22.5 Å². The number of hydrogen-bond acceptors (Lipinski definition) is 4. The summed E-state index contributed by atoms with van der Waals surface area (Å²) in [6.45, 7) is 4.28. The number of ether oxygens (including phenoxy) is 2. The Bertz CT molecular complexity index is 646. The normalized spacial score (nSPS) is 10.3. The van der Waals surface area contributed by atoms with Crippen LogP contribution in [0.3, 0.4) is 0 Å². The summed E-state index contributed by atoms with van der Waals surface area (Å²) in [6.07, 6.45) is 0. The predicted molar refractivity (Wildman–Crippen MR) is 76.1 cm³/mol. The maximum Gasteiger partial charge on any atom is 0.379 e. The molecule has 0 N–H and O–H groups in total. The Hall–Kier alpha value is -2.36. The van der Waals surface area contributed by atoms with Gasteiger partial charge in [0.25, 0.3) is 5.78 Å². The molecule has 0 spiro atoms. The molecule has 0 radical (unpaired) electrons. The van der Waals surface area contributed by atoms with Crippen LogP contribution in [0.5, 0.6) is 5.75 Å². The van der Waals surface area contributed by atoms with Crippen molar-refractivity contribution in [1.29, 1.82) is 0 Å². The van der Waals surface area contributed by atoms with Crippen molar-refractivity contribution in [2.45, 2.75) is 13.8 Å². The summed E-state index contributed by atoms with van der Waals surface area (Å²) in [7, 11) is 0. The van der Waals surface area contributed by atoms with Gasteiger partial charge in [-0.2, -0.15) is 0 Å². The molecular formula is C16H16O4. The van der Waals surface area contributed by atoms with Crippen molar-refractivity contribution in [2.75, 3.05) is 13.2 Å². The lowest BCUT2D eigenvalue weighted by Crippen LogP contribution is -2.17. The molecule has 4 nitrogen and oxygen atoms in total. The minimum absolute atomic E-state index is 0.180. The number of Topliss-reactive ketones (excluding diaryl/α,β-unsaturated/α-hetero) is 1. The molecule has 0 aliphatic heterocycles. The highest BCUT2D eigenvalue weighted by Crippen LogP contribution is 2.29. The van der Waals surface area contributed by atoms with E-state index in [0.717, 1.165) is 5.39 Å². The van der Waals surface area contributed by atoms with E-state index in [1.165, 1.54) is 0 Å². The second-order valence-corrected chi connectivity index (χ2v) is 4.14. The van der Waals surface area contributed by atoms with Crippen molar-refractivity contribution < 1.29 is 19.1 Å². The van der Waals surface area contributed by atoms with Gasteiger partial charge in [0.2, 0.25) is 0 Å². The fourth-order valence-corrected chi connectivity index (χ4v) is 2.06. The van der Waals surface area contributed by atoms with Crippen LogP contribution in [0.4, 0.5) is 0 Å². The lowest BCUT2D eigenvalue weighted by atomic mass is 10.0. The number of ketones is 1. The van der Waals surface area contributed by atoms with Crippen LogP contribution in [-0.2, 0) is 9.53 Å². The van der Waals surface area contributed by atoms with E-state index in [-0.39, 0.29) is 6.61 Å². The molecule has 20 heavy (non-hydrogen) atoms. The number of hydrogen-bond donors (Lipinski definition) is 0. The third-order valence-electron chi connectivity index (χ3n) is 2.89. The van der Waals surface area contributed by atoms with E-state index in [0.29, 0.717) is 23.3 Å². The molecule has 2 aromatic rings. The monoisotopic (exact) mass is 272 g/mol. The Morgan fingerprint density at radius 2 is 1.65 bits per heavy atom. The molecule has 0 fully saturated rings. The van der Waals surface area contributed by atoms with Crippen molar-refractivity contribution in [3.8, 4) is 5.75 Å². The molecule has 0 heterocycles. The molecule has 0 saturated carbocycles. The van der Waals surface area contributed by atoms with Gasteiger partial charge in [-0.3, -0.25) is 4.79 Å². The molecule has 0 aliphatic rings. The largest absolute Gasteiger partial charge is 0.493 e. The van der Waals surface area contributed by atoms with Gasteiger partial charge < -0.3 is 9.47 Å². The van der Waals surface area contributed by atoms with Gasteiger partial charge in [-0.05, 0) is 31.4 Å². The summed E-state index contributed by atoms with van der Waals surface area (Å²) in [6, 6.07) is 10.7. The molecule has 4 heteroatoms. The Labute approximate surface area is 117 Å². The molecule has 0 bridgehead atoms. The van der Waals surface area contributed by atoms with Crippen LogP contribution in [0.2, 0.25) is 0 Å². The standard InChI is InChI=1S/C16H16O4/c1-3-19-14-10-9-13(15(17)16(18)20-4-2)11-7-5-6-8-12(11)14/h5-10H,3-4H2,1-2H3. The van der Waals surface area contributed by atoms with Crippen LogP contribution < -0.4 is 4.74 Å². The molecule has 2 aromatic carbocycles. The predicted octanol–water partition coefficient (Wildman–Crippen LogP) is 2.98. The smallest absolute Gasteiger partial charge is 0.379 e. The van der Waals surface area contributed by atoms with Crippen molar-refractivity contribution in [3.05, 3.63) is 42.0 Å². The van der Waals surface area contributed by atoms with E-state index >= 15 is 0 Å². The van der Waals surface area contributed by atoms with Gasteiger partial charge in [0.05, 0.1) is 13.2 Å². The van der Waals surface area contributed by atoms with Crippen LogP contribution in [0.1, 0.15) is 24.2 Å². The van der Waals surface area contributed by atoms with E-state index in [2.05, 4.69) is 0 Å². The Balaban J connectivity index is 2.53. The molecule has 0 amide bonds. The van der Waals surface area contributed by atoms with E-state index in [1.54, 1.807) is 25.1 Å². The maximum atomic E-state index is 12.1. The number of fused-ring (bicyclic) bond motifs is 1. The average Bonchev–Trinajstić information content (AvgIpc) is 2.47. The first-order valence-corrected chi connectivity index (χ1v) is 6.55. The van der Waals surface area contributed by atoms with Gasteiger partial charge in [0.15, 0.2) is 0 Å². The van der Waals surface area contributed by atoms with E-state index in [4.69, 9.17) is 9.47 Å². The van der Waals surface area contributed by atoms with Gasteiger partial charge in [-0.25, -0.2) is 4.79 Å². The third kappa shape index (κ3) is 2.64. The van der Waals surface area contributed by atoms with Gasteiger partial charge >= 0.3 is 5.97 Å². The molecule has 0 atom stereocenters. The summed E-state index contributed by atoms with van der Waals surface area (Å²) >= 11 is 0. The summed E-state index contributed by atoms with van der Waals surface area (Å²) in [5.41, 5.74) is 0.336. The van der Waals surface area contributed by atoms with E-state index in [1.807, 2.05) is 25.1 Å². The van der Waals surface area contributed by atoms with Crippen LogP contribution in [0, 0.1) is 0 Å². The van der Waals surface area contributed by atoms with Gasteiger partial charge in [-0.1, -0.05) is 24.3 Å². The van der Waals surface area contributed by atoms with Crippen molar-refractivity contribution in [3.63, 3.8) is 0 Å². The topological polar surface area (TPSA) is 52.6 Å². The molecule has 0 unspecified atom stereocenters. The summed E-state index contributed by atoms with van der Waals surface area (Å²) in [4.78, 5) is 23.7. The summed E-state index contributed by atoms with van der Waals surface area (Å²) in [5.74, 6) is -0.767. The van der Waals surface area contributed by atoms with Crippen LogP contribution in [-0.4, -0.2) is 25.0 Å². The fraction of sp³-hybridized carbons (Fsp3) is 0.250. The number of carbonyl (C=O) groups excluding carboxylic acids is 2. The van der Waals surface area contributed by atoms with Crippen LogP contribution >= 0.6 is 0 Å². The zero-order valence-corrected chi connectivity index (χ0v) is 11.5. The van der Waals surface area contributed by atoms with E-state index < -0.39 is 11.8 Å². The number of benzene rings is 2. The SMILES string of the molecule is CCOC(=O)C(=O)c1ccc(OCC)c2ccccc12. The van der Waals surface area contributed by atoms with Gasteiger partial charge in [0.1, 0.15) is 5.75 Å². The highest BCUT2D eigenvalue weighted by atomic mass is 16.5. The van der Waals surface area contributed by atoms with Crippen LogP contribution in [0.25, 0.3) is 10.8 Å². The summed E-state index contributed by atoms with van der Waals surface area (Å²) in [5, 5.41) is 1.50. The molecule has 0 aliphatic carbocycles. The Morgan fingerprint density at radius 1 is 0.950 bits per heavy atom. The summed E-state index contributed by atoms with van der Waals surface area (Å²) < 4.78 is 10.3. The van der Waals surface area contributed by atoms with Crippen molar-refractivity contribution in [1.82, 2.24) is 0 Å². The molecule has 2 rings (SSSR count). The molecule has 0 aromatic heterocycles. The maximum absolute atomic E-state index is 12.1. The first kappa shape index (κ1) is 14.1. The second kappa shape index (κ2) is 6.19. The molecular weight excluding hydrogens is 256 g/mol. The van der Waals surface area contributed by atoms with Crippen molar-refractivity contribution in [2.24, 2.45) is 0 Å². The molecule has 104 valence electrons. The lowest BCUT2D eigenvalue weighted by molar-refractivity contribution is -0.137. The Kier molecular flexibility index (Phi) is 4.35. The third-order valence-corrected chi connectivity index (χ3v) is 2.89. The average molecular weight is 272 g/mol. The molecule has 0 saturated heterocycles. The number of rotatable bonds is 5. The van der Waals surface area contributed by atoms with E-state index in [9.17, 15) is 9.59 Å². The Morgan fingerprint density at radius 3 is 2.30 bits per heavy atom. The zero-order chi connectivity index (χ0) is 14.5. The first-order chi connectivity index (χ1) is 9.69. The lowest BCUT2D eigenvalue weighted by Gasteiger charge is -2.10. The first-order valence-electron chi connectivity index (χ1n) is 6.55. The van der Waals surface area contributed by atoms with Gasteiger partial charge in [-0.15, -0.1) is 0 Å². The minimum atomic E-state index is -0.832. The number of carbonyl (C=O) groups is 2. The number of esters is 1. The quantitative estimate of drug-likeness (QED) is 0.477. The van der Waals surface area contributed by atoms with Crippen LogP contribution in [0.15, 0.2) is 36.4 Å². The van der Waals surface area contributed by atoms with Gasteiger partial charge in [0, 0.05) is 10.9 Å².